The molecule has 0 aliphatic carbocycles. The molecule has 1 aromatic rings. The summed E-state index contributed by atoms with van der Waals surface area (Å²) in [5.74, 6) is -5.43. The zero-order valence-electron chi connectivity index (χ0n) is 32.0. The van der Waals surface area contributed by atoms with Crippen molar-refractivity contribution in [2.24, 2.45) is 11.7 Å². The summed E-state index contributed by atoms with van der Waals surface area (Å²) in [6, 6.07) is 2.37. The lowest BCUT2D eigenvalue weighted by Crippen LogP contribution is -2.56. The van der Waals surface area contributed by atoms with Gasteiger partial charge in [0.15, 0.2) is 0 Å². The molecule has 3 heterocycles. The standard InChI is InChI=1S/C36H51N7O13S/c1-4-30(47)55-19-22-8-10-23(11-9-22)39-33(48)25(7-5-14-38-35-32(37)56-35)40-34(49)31(21(2)3)41-27(44)18-42-24(20-54-15-6-16-57(51,52)53)17-26(36(42)50)43-28(45)12-13-29(43)46/h8-13,21,24-26,31-32,35,38H,4-7,14-20,37H2,1-3H3,(H,39,48)(H,40,49)(H,41,44)(H,51,52,53)/t24-,25-,26-,31-,32?,35?/m0/s1. The fourth-order valence-electron chi connectivity index (χ4n) is 6.18. The summed E-state index contributed by atoms with van der Waals surface area (Å²) in [7, 11) is -4.22. The zero-order chi connectivity index (χ0) is 41.9. The summed E-state index contributed by atoms with van der Waals surface area (Å²) in [6.45, 7) is 4.67. The first-order chi connectivity index (χ1) is 27.0. The lowest BCUT2D eigenvalue weighted by molar-refractivity contribution is -0.147. The number of ether oxygens (including phenoxy) is 3. The van der Waals surface area contributed by atoms with Crippen molar-refractivity contribution in [3.8, 4) is 0 Å². The minimum Gasteiger partial charge on any atom is -0.461 e. The monoisotopic (exact) mass is 821 g/mol. The number of nitrogens with one attached hydrogen (secondary N) is 4. The Kier molecular flexibility index (Phi) is 16.2. The number of epoxide rings is 1. The molecule has 7 N–H and O–H groups in total. The van der Waals surface area contributed by atoms with Crippen LogP contribution in [-0.4, -0.2) is 133 Å². The van der Waals surface area contributed by atoms with Gasteiger partial charge in [-0.25, -0.2) is 0 Å². The molecule has 3 aliphatic rings. The van der Waals surface area contributed by atoms with E-state index in [0.29, 0.717) is 24.2 Å². The van der Waals surface area contributed by atoms with Crippen LogP contribution >= 0.6 is 0 Å². The molecule has 2 fully saturated rings. The third kappa shape index (κ3) is 13.7. The molecule has 314 valence electrons. The number of nitrogens with zero attached hydrogens (tertiary/aromatic N) is 2. The van der Waals surface area contributed by atoms with Gasteiger partial charge in [-0.3, -0.25) is 48.3 Å². The number of esters is 1. The number of rotatable bonds is 23. The number of anilines is 1. The largest absolute Gasteiger partial charge is 0.461 e. The summed E-state index contributed by atoms with van der Waals surface area (Å²) >= 11 is 0. The molecular weight excluding hydrogens is 770 g/mol. The van der Waals surface area contributed by atoms with E-state index >= 15 is 0 Å². The molecule has 0 bridgehead atoms. The van der Waals surface area contributed by atoms with E-state index in [1.807, 2.05) is 0 Å². The van der Waals surface area contributed by atoms with Crippen molar-refractivity contribution < 1.29 is 60.7 Å². The number of hydrogen-bond donors (Lipinski definition) is 6. The molecule has 21 heteroatoms. The summed E-state index contributed by atoms with van der Waals surface area (Å²) in [5, 5.41) is 11.3. The molecule has 1 aromatic carbocycles. The van der Waals surface area contributed by atoms with E-state index in [1.54, 1.807) is 45.0 Å². The minimum absolute atomic E-state index is 0.0513. The Balaban J connectivity index is 1.41. The van der Waals surface area contributed by atoms with Crippen molar-refractivity contribution in [1.29, 1.82) is 0 Å². The number of nitrogens with two attached hydrogens (primary N) is 1. The Bertz CT molecular complexity index is 1770. The lowest BCUT2D eigenvalue weighted by Gasteiger charge is -2.28. The van der Waals surface area contributed by atoms with Crippen LogP contribution in [0.25, 0.3) is 0 Å². The van der Waals surface area contributed by atoms with E-state index in [4.69, 9.17) is 24.5 Å². The molecule has 2 saturated heterocycles. The van der Waals surface area contributed by atoms with Crippen molar-refractivity contribution in [2.45, 2.75) is 96.1 Å². The predicted molar refractivity (Wildman–Crippen MR) is 201 cm³/mol. The van der Waals surface area contributed by atoms with E-state index in [9.17, 15) is 42.0 Å². The SMILES string of the molecule is CCC(=O)OCc1ccc(NC(=O)[C@H](CCCNC2OC2N)NC(=O)[C@@H](NC(=O)CN2C(=O)[C@@H](N3C(=O)C=CC3=O)C[C@H]2COCCCS(=O)(=O)O)C(C)C)cc1. The van der Waals surface area contributed by atoms with E-state index in [2.05, 4.69) is 21.3 Å². The van der Waals surface area contributed by atoms with Crippen LogP contribution in [0.2, 0.25) is 0 Å². The quantitative estimate of drug-likeness (QED) is 0.0251. The fourth-order valence-corrected chi connectivity index (χ4v) is 6.66. The number of amides is 6. The molecule has 4 rings (SSSR count). The summed E-state index contributed by atoms with van der Waals surface area (Å²) in [6.07, 6.45) is 2.08. The maximum absolute atomic E-state index is 13.8. The highest BCUT2D eigenvalue weighted by Gasteiger charge is 2.47. The second-order valence-electron chi connectivity index (χ2n) is 14.1. The van der Waals surface area contributed by atoms with Gasteiger partial charge >= 0.3 is 5.97 Å². The first kappa shape index (κ1) is 44.9. The smallest absolute Gasteiger partial charge is 0.305 e. The third-order valence-electron chi connectivity index (χ3n) is 9.32. The van der Waals surface area contributed by atoms with Gasteiger partial charge in [-0.15, -0.1) is 0 Å². The Labute approximate surface area is 330 Å². The first-order valence-electron chi connectivity index (χ1n) is 18.7. The van der Waals surface area contributed by atoms with Crippen LogP contribution in [0.3, 0.4) is 0 Å². The molecule has 0 radical (unpaired) electrons. The van der Waals surface area contributed by atoms with Crippen LogP contribution in [0.5, 0.6) is 0 Å². The van der Waals surface area contributed by atoms with Crippen molar-refractivity contribution in [2.75, 3.05) is 37.4 Å². The molecule has 2 unspecified atom stereocenters. The molecule has 6 atom stereocenters. The molecule has 3 aliphatic heterocycles. The molecule has 20 nitrogen and oxygen atoms in total. The van der Waals surface area contributed by atoms with Gasteiger partial charge in [-0.05, 0) is 49.4 Å². The summed E-state index contributed by atoms with van der Waals surface area (Å²) in [4.78, 5) is 92.7. The zero-order valence-corrected chi connectivity index (χ0v) is 32.8. The van der Waals surface area contributed by atoms with Gasteiger partial charge in [0.1, 0.15) is 37.2 Å². The van der Waals surface area contributed by atoms with Gasteiger partial charge in [-0.1, -0.05) is 32.9 Å². The highest BCUT2D eigenvalue weighted by molar-refractivity contribution is 7.85. The molecule has 0 saturated carbocycles. The van der Waals surface area contributed by atoms with Crippen LogP contribution < -0.4 is 27.0 Å². The summed E-state index contributed by atoms with van der Waals surface area (Å²) in [5.41, 5.74) is 6.80. The normalized spacial score (nSPS) is 21.5. The topological polar surface area (TPSA) is 285 Å². The van der Waals surface area contributed by atoms with Gasteiger partial charge in [-0.2, -0.15) is 8.42 Å². The van der Waals surface area contributed by atoms with Gasteiger partial charge in [0.05, 0.1) is 24.9 Å². The average molecular weight is 822 g/mol. The van der Waals surface area contributed by atoms with Gasteiger partial charge in [0.2, 0.25) is 23.6 Å². The molecule has 0 spiro atoms. The van der Waals surface area contributed by atoms with Crippen LogP contribution in [-0.2, 0) is 64.5 Å². The maximum atomic E-state index is 13.8. The van der Waals surface area contributed by atoms with E-state index in [1.165, 1.54) is 0 Å². The van der Waals surface area contributed by atoms with Crippen LogP contribution in [0.4, 0.5) is 5.69 Å². The van der Waals surface area contributed by atoms with Gasteiger partial charge in [0.25, 0.3) is 21.9 Å². The Morgan fingerprint density at radius 3 is 2.28 bits per heavy atom. The van der Waals surface area contributed by atoms with Crippen molar-refractivity contribution in [3.63, 3.8) is 0 Å². The molecule has 57 heavy (non-hydrogen) atoms. The number of carbonyl (C=O) groups is 7. The van der Waals surface area contributed by atoms with E-state index in [-0.39, 0.29) is 57.7 Å². The van der Waals surface area contributed by atoms with Crippen LogP contribution in [0.15, 0.2) is 36.4 Å². The Morgan fingerprint density at radius 1 is 1.02 bits per heavy atom. The van der Waals surface area contributed by atoms with Crippen molar-refractivity contribution >= 4 is 57.2 Å². The predicted octanol–water partition coefficient (Wildman–Crippen LogP) is -1.10. The molecule has 0 aromatic heterocycles. The highest BCUT2D eigenvalue weighted by Crippen LogP contribution is 2.26. The van der Waals surface area contributed by atoms with Crippen LogP contribution in [0, 0.1) is 5.92 Å². The number of imide groups is 1. The average Bonchev–Trinajstić information content (AvgIpc) is 3.65. The van der Waals surface area contributed by atoms with Crippen molar-refractivity contribution in [1.82, 2.24) is 25.8 Å². The number of hydrogen-bond acceptors (Lipinski definition) is 14. The fraction of sp³-hybridized carbons (Fsp3) is 0.583. The number of likely N-dealkylation sites (tertiary alicyclic amines) is 1. The molecule has 6 amide bonds. The Hall–Kier alpha value is -4.80. The molecular formula is C36H51N7O13S. The second kappa shape index (κ2) is 20.6. The van der Waals surface area contributed by atoms with Gasteiger partial charge < -0.3 is 40.8 Å². The summed E-state index contributed by atoms with van der Waals surface area (Å²) < 4.78 is 47.0. The van der Waals surface area contributed by atoms with Crippen molar-refractivity contribution in [3.05, 3.63) is 42.0 Å². The Morgan fingerprint density at radius 2 is 1.68 bits per heavy atom. The number of benzene rings is 1. The minimum atomic E-state index is -4.22. The van der Waals surface area contributed by atoms with E-state index < -0.39 is 94.2 Å². The maximum Gasteiger partial charge on any atom is 0.305 e. The third-order valence-corrected chi connectivity index (χ3v) is 10.1. The van der Waals surface area contributed by atoms with E-state index in [0.717, 1.165) is 22.0 Å². The first-order valence-corrected chi connectivity index (χ1v) is 20.3. The number of carbonyl (C=O) groups excluding carboxylic acids is 7. The van der Waals surface area contributed by atoms with Crippen LogP contribution in [0.1, 0.15) is 58.4 Å². The van der Waals surface area contributed by atoms with Gasteiger partial charge in [0, 0.05) is 37.3 Å². The lowest BCUT2D eigenvalue weighted by atomic mass is 10.0. The second-order valence-corrected chi connectivity index (χ2v) is 15.7. The highest BCUT2D eigenvalue weighted by atomic mass is 32.2.